The number of ether oxygens (including phenoxy) is 1. The smallest absolute Gasteiger partial charge is 0.139 e. The molecular weight excluding hydrogens is 210 g/mol. The van der Waals surface area contributed by atoms with E-state index in [1.54, 1.807) is 7.11 Å². The molecule has 1 aromatic carbocycles. The fraction of sp³-hybridized carbons (Fsp3) is 0.333. The van der Waals surface area contributed by atoms with Gasteiger partial charge in [-0.15, -0.1) is 6.42 Å². The molecule has 1 unspecified atom stereocenters. The number of terminal acetylenes is 1. The van der Waals surface area contributed by atoms with E-state index in [2.05, 4.69) is 19.0 Å². The van der Waals surface area contributed by atoms with Crippen molar-refractivity contribution in [2.45, 2.75) is 6.54 Å². The predicted molar refractivity (Wildman–Crippen MR) is 57.3 cm³/mol. The molecule has 0 spiro atoms. The van der Waals surface area contributed by atoms with Crippen LogP contribution in [0.2, 0.25) is 0 Å². The summed E-state index contributed by atoms with van der Waals surface area (Å²) in [6.45, 7) is 1.68. The van der Waals surface area contributed by atoms with Crippen molar-refractivity contribution in [1.29, 1.82) is 0 Å². The minimum absolute atomic E-state index is 0. The first-order chi connectivity index (χ1) is 6.76. The van der Waals surface area contributed by atoms with Gasteiger partial charge in [-0.1, -0.05) is 12.1 Å². The molecule has 1 N–H and O–H groups in total. The number of methoxy groups -OCH3 is 1. The quantitative estimate of drug-likeness (QED) is 0.553. The van der Waals surface area contributed by atoms with Crippen LogP contribution >= 0.6 is 0 Å². The second-order valence-corrected chi connectivity index (χ2v) is 3.37. The zero-order valence-corrected chi connectivity index (χ0v) is 9.84. The zero-order valence-electron chi connectivity index (χ0n) is 9.09. The van der Waals surface area contributed by atoms with Crippen LogP contribution in [0.1, 0.15) is 5.56 Å². The topological polar surface area (TPSA) is 13.7 Å². The van der Waals surface area contributed by atoms with Gasteiger partial charge in [-0.2, -0.15) is 0 Å². The summed E-state index contributed by atoms with van der Waals surface area (Å²) < 4.78 is 5.15. The highest BCUT2D eigenvalue weighted by Gasteiger charge is 2.02. The van der Waals surface area contributed by atoms with Crippen molar-refractivity contribution in [3.8, 4) is 18.1 Å². The first-order valence-electron chi connectivity index (χ1n) is 4.64. The molecule has 0 aliphatic rings. The standard InChI is InChI=1S/C12H15NO.ClH/c1-4-8-13(2)10-11-6-5-7-12(9-11)14-3;/h1,5-7,9H,8,10H2,2-3H3;1H. The molecule has 0 aliphatic carbocycles. The summed E-state index contributed by atoms with van der Waals surface area (Å²) in [5.74, 6) is 3.55. The van der Waals surface area contributed by atoms with Crippen LogP contribution in [0.15, 0.2) is 24.3 Å². The molecule has 2 nitrogen and oxygen atoms in total. The molecule has 0 heterocycles. The molecule has 0 amide bonds. The molecule has 0 fully saturated rings. The van der Waals surface area contributed by atoms with Crippen LogP contribution in [-0.2, 0) is 6.54 Å². The van der Waals surface area contributed by atoms with Crippen molar-refractivity contribution in [3.63, 3.8) is 0 Å². The molecule has 0 saturated heterocycles. The SMILES string of the molecule is C#CC[NH+](C)Cc1cccc(OC)c1.[Cl-]. The van der Waals surface area contributed by atoms with Gasteiger partial charge in [0.15, 0.2) is 0 Å². The Hall–Kier alpha value is -1.17. The molecule has 0 aliphatic heterocycles. The fourth-order valence-corrected chi connectivity index (χ4v) is 1.37. The Morgan fingerprint density at radius 2 is 2.20 bits per heavy atom. The Morgan fingerprint density at radius 1 is 1.47 bits per heavy atom. The number of nitrogens with one attached hydrogen (secondary N) is 1. The zero-order chi connectivity index (χ0) is 10.4. The van der Waals surface area contributed by atoms with Crippen LogP contribution in [0.3, 0.4) is 0 Å². The maximum absolute atomic E-state index is 5.24. The molecule has 1 aromatic rings. The number of benzene rings is 1. The van der Waals surface area contributed by atoms with Crippen molar-refractivity contribution in [3.05, 3.63) is 29.8 Å². The van der Waals surface area contributed by atoms with E-state index in [4.69, 9.17) is 11.2 Å². The number of hydrogen-bond donors (Lipinski definition) is 1. The molecule has 15 heavy (non-hydrogen) atoms. The van der Waals surface area contributed by atoms with Crippen molar-refractivity contribution >= 4 is 0 Å². The van der Waals surface area contributed by atoms with E-state index in [0.29, 0.717) is 0 Å². The third-order valence-electron chi connectivity index (χ3n) is 2.04. The number of hydrogen-bond acceptors (Lipinski definition) is 1. The van der Waals surface area contributed by atoms with E-state index in [-0.39, 0.29) is 12.4 Å². The van der Waals surface area contributed by atoms with Crippen LogP contribution in [0.5, 0.6) is 5.75 Å². The lowest BCUT2D eigenvalue weighted by Crippen LogP contribution is -3.07. The molecular formula is C12H16ClNO. The minimum atomic E-state index is 0. The normalized spacial score (nSPS) is 11.0. The van der Waals surface area contributed by atoms with Crippen molar-refractivity contribution in [2.75, 3.05) is 20.7 Å². The highest BCUT2D eigenvalue weighted by Crippen LogP contribution is 2.11. The summed E-state index contributed by atoms with van der Waals surface area (Å²) in [7, 11) is 3.76. The lowest BCUT2D eigenvalue weighted by molar-refractivity contribution is -0.886. The second-order valence-electron chi connectivity index (χ2n) is 3.37. The Labute approximate surface area is 97.6 Å². The number of halogens is 1. The second kappa shape index (κ2) is 7.17. The molecule has 0 aromatic heterocycles. The van der Waals surface area contributed by atoms with Gasteiger partial charge in [-0.25, -0.2) is 0 Å². The fourth-order valence-electron chi connectivity index (χ4n) is 1.37. The summed E-state index contributed by atoms with van der Waals surface area (Å²) in [4.78, 5) is 1.31. The van der Waals surface area contributed by atoms with Crippen molar-refractivity contribution in [1.82, 2.24) is 0 Å². The Kier molecular flexibility index (Phi) is 6.61. The van der Waals surface area contributed by atoms with Gasteiger partial charge in [0.05, 0.1) is 14.2 Å². The molecule has 0 saturated carbocycles. The minimum Gasteiger partial charge on any atom is -1.00 e. The van der Waals surface area contributed by atoms with Crippen LogP contribution in [0.25, 0.3) is 0 Å². The third-order valence-corrected chi connectivity index (χ3v) is 2.04. The number of rotatable bonds is 4. The predicted octanol–water partition coefficient (Wildman–Crippen LogP) is -2.65. The number of quaternary nitrogens is 1. The Balaban J connectivity index is 0.00000196. The van der Waals surface area contributed by atoms with Crippen molar-refractivity contribution < 1.29 is 22.0 Å². The summed E-state index contributed by atoms with van der Waals surface area (Å²) in [5.41, 5.74) is 1.25. The van der Waals surface area contributed by atoms with E-state index in [1.165, 1.54) is 10.5 Å². The molecule has 0 bridgehead atoms. The lowest BCUT2D eigenvalue weighted by atomic mass is 10.2. The summed E-state index contributed by atoms with van der Waals surface area (Å²) in [5, 5.41) is 0. The van der Waals surface area contributed by atoms with Gasteiger partial charge in [-0.05, 0) is 18.1 Å². The van der Waals surface area contributed by atoms with Gasteiger partial charge in [0.25, 0.3) is 0 Å². The lowest BCUT2D eigenvalue weighted by Gasteiger charge is -2.11. The van der Waals surface area contributed by atoms with Crippen LogP contribution in [0, 0.1) is 12.3 Å². The monoisotopic (exact) mass is 225 g/mol. The van der Waals surface area contributed by atoms with Gasteiger partial charge in [-0.3, -0.25) is 0 Å². The summed E-state index contributed by atoms with van der Waals surface area (Å²) >= 11 is 0. The largest absolute Gasteiger partial charge is 1.00 e. The maximum atomic E-state index is 5.24. The molecule has 82 valence electrons. The van der Waals surface area contributed by atoms with Gasteiger partial charge in [0.1, 0.15) is 18.8 Å². The first-order valence-corrected chi connectivity index (χ1v) is 4.64. The average molecular weight is 226 g/mol. The van der Waals surface area contributed by atoms with E-state index in [9.17, 15) is 0 Å². The van der Waals surface area contributed by atoms with Gasteiger partial charge < -0.3 is 22.0 Å². The Morgan fingerprint density at radius 3 is 2.80 bits per heavy atom. The first kappa shape index (κ1) is 13.8. The van der Waals surface area contributed by atoms with Crippen LogP contribution in [-0.4, -0.2) is 20.7 Å². The highest BCUT2D eigenvalue weighted by molar-refractivity contribution is 5.27. The molecule has 0 radical (unpaired) electrons. The average Bonchev–Trinajstić information content (AvgIpc) is 2.18. The third kappa shape index (κ3) is 4.73. The van der Waals surface area contributed by atoms with Gasteiger partial charge in [0.2, 0.25) is 0 Å². The van der Waals surface area contributed by atoms with E-state index in [0.717, 1.165) is 18.8 Å². The molecule has 1 rings (SSSR count). The van der Waals surface area contributed by atoms with Gasteiger partial charge in [0, 0.05) is 5.56 Å². The summed E-state index contributed by atoms with van der Waals surface area (Å²) in [6, 6.07) is 8.07. The highest BCUT2D eigenvalue weighted by atomic mass is 35.5. The van der Waals surface area contributed by atoms with Crippen LogP contribution in [0.4, 0.5) is 0 Å². The molecule has 3 heteroatoms. The Bertz CT molecular complexity index is 333. The maximum Gasteiger partial charge on any atom is 0.139 e. The summed E-state index contributed by atoms with van der Waals surface area (Å²) in [6.07, 6.45) is 5.24. The van der Waals surface area contributed by atoms with E-state index in [1.807, 2.05) is 18.2 Å². The van der Waals surface area contributed by atoms with Crippen molar-refractivity contribution in [2.24, 2.45) is 0 Å². The van der Waals surface area contributed by atoms with E-state index < -0.39 is 0 Å². The van der Waals surface area contributed by atoms with E-state index >= 15 is 0 Å². The van der Waals surface area contributed by atoms with Crippen LogP contribution < -0.4 is 22.0 Å². The molecule has 1 atom stereocenters. The van der Waals surface area contributed by atoms with Gasteiger partial charge >= 0.3 is 0 Å².